The largest absolute Gasteiger partial charge is 0.459 e. The number of nitrogens with one attached hydrogen (secondary N) is 3. The molecule has 0 spiro atoms. The quantitative estimate of drug-likeness (QED) is 0.111. The first-order valence-corrected chi connectivity index (χ1v) is 18.8. The van der Waals surface area contributed by atoms with Crippen LogP contribution in [0.25, 0.3) is 21.4 Å². The van der Waals surface area contributed by atoms with Gasteiger partial charge in [-0.15, -0.1) is 11.3 Å². The molecule has 1 fully saturated rings. The summed E-state index contributed by atoms with van der Waals surface area (Å²) in [6.45, 7) is 7.24. The molecule has 5 atom stereocenters. The van der Waals surface area contributed by atoms with Crippen LogP contribution in [0.4, 0.5) is 5.69 Å². The summed E-state index contributed by atoms with van der Waals surface area (Å²) in [6.07, 6.45) is 2.11. The van der Waals surface area contributed by atoms with Gasteiger partial charge in [-0.2, -0.15) is 0 Å². The van der Waals surface area contributed by atoms with Crippen LogP contribution in [0.15, 0.2) is 95.0 Å². The predicted octanol–water partition coefficient (Wildman–Crippen LogP) is 5.49. The maximum absolute atomic E-state index is 14.1. The number of likely N-dealkylation sites (tertiary alicyclic amines) is 1. The van der Waals surface area contributed by atoms with Gasteiger partial charge >= 0.3 is 0 Å². The lowest BCUT2D eigenvalue weighted by molar-refractivity contribution is -0.144. The Bertz CT molecular complexity index is 2070. The maximum Gasteiger partial charge on any atom is 0.246 e. The molecule has 12 nitrogen and oxygen atoms in total. The van der Waals surface area contributed by atoms with Gasteiger partial charge in [-0.3, -0.25) is 24.2 Å². The first kappa shape index (κ1) is 38.2. The van der Waals surface area contributed by atoms with Crippen molar-refractivity contribution < 1.29 is 28.7 Å². The molecule has 1 aliphatic rings. The molecule has 0 saturated carbocycles. The number of carbonyl (C=O) groups excluding carboxylic acids is 4. The van der Waals surface area contributed by atoms with Crippen molar-refractivity contribution in [2.75, 3.05) is 12.3 Å². The van der Waals surface area contributed by atoms with E-state index < -0.39 is 53.3 Å². The number of nitrogens with two attached hydrogens (primary N) is 1. The molecule has 0 aliphatic carbocycles. The summed E-state index contributed by atoms with van der Waals surface area (Å²) in [5.41, 5.74) is 9.12. The van der Waals surface area contributed by atoms with E-state index in [9.17, 15) is 24.3 Å². The number of hydrogen-bond donors (Lipinski definition) is 5. The topological polar surface area (TPSA) is 180 Å². The first-order valence-electron chi connectivity index (χ1n) is 18.0. The lowest BCUT2D eigenvalue weighted by atomic mass is 9.85. The van der Waals surface area contributed by atoms with Crippen LogP contribution in [0.5, 0.6) is 0 Å². The predicted molar refractivity (Wildman–Crippen MR) is 208 cm³/mol. The molecule has 5 aromatic rings. The fraction of sp³-hybridized carbons (Fsp3) is 0.341. The lowest BCUT2D eigenvalue weighted by Crippen LogP contribution is -2.57. The number of pyridine rings is 1. The minimum absolute atomic E-state index is 0.0493. The minimum atomic E-state index is -1.02. The number of rotatable bonds is 12. The average molecular weight is 751 g/mol. The van der Waals surface area contributed by atoms with Crippen molar-refractivity contribution in [3.8, 4) is 10.4 Å². The molecule has 13 heteroatoms. The Morgan fingerprint density at radius 3 is 2.33 bits per heavy atom. The molecule has 1 aliphatic heterocycles. The van der Waals surface area contributed by atoms with E-state index in [2.05, 4.69) is 20.9 Å². The maximum atomic E-state index is 14.1. The number of fused-ring (bicyclic) bond motifs is 1. The van der Waals surface area contributed by atoms with Crippen LogP contribution >= 0.6 is 11.3 Å². The summed E-state index contributed by atoms with van der Waals surface area (Å²) in [7, 11) is 0. The standard InChI is InChI=1S/C41H46N6O6S/c1-24(25-11-13-26(14-12-25)34-19-29(42)23-54-34)44-39(51)31-20-30(48)22-47(31)40(52)38(41(2,3)4)46-36(50)16-15-35(49)45-37(28-9-7-17-43-21-28)33-18-27-8-5-6-10-32(27)53-33/h5-14,17-19,21,23-24,30-31,37-38,48H,15-16,20,22,42H2,1-4H3,(H,44,51)(H,45,49)(H,46,50)/t24-,30-,31+,37?,38-/m1/s1. The number of amides is 4. The monoisotopic (exact) mass is 750 g/mol. The zero-order valence-corrected chi connectivity index (χ0v) is 31.6. The highest BCUT2D eigenvalue weighted by atomic mass is 32.1. The van der Waals surface area contributed by atoms with Gasteiger partial charge in [-0.1, -0.05) is 69.3 Å². The fourth-order valence-electron chi connectivity index (χ4n) is 6.66. The van der Waals surface area contributed by atoms with Gasteiger partial charge in [0.25, 0.3) is 0 Å². The number of nitrogens with zero attached hydrogens (tertiary/aromatic N) is 2. The van der Waals surface area contributed by atoms with Crippen LogP contribution in [0.2, 0.25) is 0 Å². The van der Waals surface area contributed by atoms with Gasteiger partial charge in [0.1, 0.15) is 29.5 Å². The summed E-state index contributed by atoms with van der Waals surface area (Å²) in [5, 5.41) is 22.2. The summed E-state index contributed by atoms with van der Waals surface area (Å²) in [6, 6.07) is 19.8. The molecule has 1 unspecified atom stereocenters. The first-order chi connectivity index (χ1) is 25.8. The number of benzene rings is 2. The van der Waals surface area contributed by atoms with E-state index in [4.69, 9.17) is 10.2 Å². The van der Waals surface area contributed by atoms with E-state index in [1.54, 1.807) is 29.8 Å². The number of β-amino-alcohol motifs (C(OH)–C–C–N with tert-alkyl or cyclic N) is 1. The van der Waals surface area contributed by atoms with Gasteiger partial charge in [0.15, 0.2) is 0 Å². The molecule has 54 heavy (non-hydrogen) atoms. The Morgan fingerprint density at radius 1 is 0.963 bits per heavy atom. The Labute approximate surface area is 318 Å². The van der Waals surface area contributed by atoms with Gasteiger partial charge in [0, 0.05) is 65.1 Å². The molecule has 282 valence electrons. The third-order valence-electron chi connectivity index (χ3n) is 9.59. The second kappa shape index (κ2) is 16.2. The van der Waals surface area contributed by atoms with Crippen molar-refractivity contribution in [3.05, 3.63) is 107 Å². The van der Waals surface area contributed by atoms with Crippen LogP contribution in [-0.2, 0) is 19.2 Å². The van der Waals surface area contributed by atoms with E-state index in [1.165, 1.54) is 4.90 Å². The average Bonchev–Trinajstić information content (AvgIpc) is 3.89. The van der Waals surface area contributed by atoms with Gasteiger partial charge < -0.3 is 36.1 Å². The van der Waals surface area contributed by atoms with Gasteiger partial charge in [-0.25, -0.2) is 0 Å². The number of anilines is 1. The molecule has 3 aromatic heterocycles. The zero-order chi connectivity index (χ0) is 38.6. The van der Waals surface area contributed by atoms with Crippen LogP contribution < -0.4 is 21.7 Å². The minimum Gasteiger partial charge on any atom is -0.459 e. The van der Waals surface area contributed by atoms with E-state index in [-0.39, 0.29) is 31.8 Å². The van der Waals surface area contributed by atoms with E-state index in [1.807, 2.05) is 99.8 Å². The molecule has 4 heterocycles. The summed E-state index contributed by atoms with van der Waals surface area (Å²) >= 11 is 1.55. The third kappa shape index (κ3) is 8.97. The van der Waals surface area contributed by atoms with Crippen LogP contribution in [0.3, 0.4) is 0 Å². The van der Waals surface area contributed by atoms with Crippen molar-refractivity contribution >= 4 is 51.6 Å². The number of aliphatic hydroxyl groups excluding tert-OH is 1. The molecule has 6 N–H and O–H groups in total. The second-order valence-corrected chi connectivity index (χ2v) is 15.7. The number of nitrogen functional groups attached to an aromatic ring is 1. The van der Waals surface area contributed by atoms with Crippen molar-refractivity contribution in [2.45, 2.75) is 77.2 Å². The van der Waals surface area contributed by atoms with Crippen LogP contribution in [0, 0.1) is 5.41 Å². The second-order valence-electron chi connectivity index (χ2n) is 14.8. The SMILES string of the molecule is C[C@@H](NC(=O)[C@@H]1C[C@@H](O)CN1C(=O)[C@@H](NC(=O)CCC(=O)NC(c1cccnc1)c1cc2ccccc2o1)C(C)(C)C)c1ccc(-c2cc(N)cs2)cc1. The van der Waals surface area contributed by atoms with Gasteiger partial charge in [0.05, 0.1) is 12.1 Å². The number of furan rings is 1. The molecule has 0 bridgehead atoms. The molecule has 1 saturated heterocycles. The van der Waals surface area contributed by atoms with Crippen molar-refractivity contribution in [1.29, 1.82) is 0 Å². The zero-order valence-electron chi connectivity index (χ0n) is 30.7. The van der Waals surface area contributed by atoms with Crippen molar-refractivity contribution in [2.24, 2.45) is 5.41 Å². The molecule has 6 rings (SSSR count). The Morgan fingerprint density at radius 2 is 1.69 bits per heavy atom. The van der Waals surface area contributed by atoms with Crippen LogP contribution in [-0.4, -0.2) is 63.4 Å². The molecule has 2 aromatic carbocycles. The third-order valence-corrected chi connectivity index (χ3v) is 10.6. The van der Waals surface area contributed by atoms with Crippen molar-refractivity contribution in [1.82, 2.24) is 25.8 Å². The number of carbonyl (C=O) groups is 4. The normalized spacial score (nSPS) is 17.5. The molecular weight excluding hydrogens is 705 g/mol. The van der Waals surface area contributed by atoms with Gasteiger partial charge in [-0.05, 0) is 47.7 Å². The summed E-state index contributed by atoms with van der Waals surface area (Å²) in [4.78, 5) is 60.9. The molecular formula is C41H46N6O6S. The van der Waals surface area contributed by atoms with E-state index in [0.717, 1.165) is 21.4 Å². The highest BCUT2D eigenvalue weighted by Gasteiger charge is 2.44. The van der Waals surface area contributed by atoms with E-state index in [0.29, 0.717) is 22.6 Å². The number of hydrogen-bond acceptors (Lipinski definition) is 9. The van der Waals surface area contributed by atoms with Gasteiger partial charge in [0.2, 0.25) is 23.6 Å². The van der Waals surface area contributed by atoms with Crippen molar-refractivity contribution in [3.63, 3.8) is 0 Å². The number of aromatic nitrogens is 1. The van der Waals surface area contributed by atoms with E-state index >= 15 is 0 Å². The van der Waals surface area contributed by atoms with Crippen LogP contribution in [0.1, 0.15) is 75.9 Å². The number of aliphatic hydroxyl groups is 1. The highest BCUT2D eigenvalue weighted by Crippen LogP contribution is 2.31. The Kier molecular flexibility index (Phi) is 11.5. The summed E-state index contributed by atoms with van der Waals surface area (Å²) < 4.78 is 6.06. The Balaban J connectivity index is 1.08. The number of para-hydroxylation sites is 1. The molecule has 4 amide bonds. The lowest BCUT2D eigenvalue weighted by Gasteiger charge is -2.35. The smallest absolute Gasteiger partial charge is 0.246 e. The summed E-state index contributed by atoms with van der Waals surface area (Å²) in [5.74, 6) is -1.24. The Hall–Kier alpha value is -5.53. The highest BCUT2D eigenvalue weighted by molar-refractivity contribution is 7.14. The molecule has 0 radical (unpaired) electrons. The fourth-order valence-corrected chi connectivity index (χ4v) is 7.46. The number of thiophene rings is 1.